The summed E-state index contributed by atoms with van der Waals surface area (Å²) in [5.41, 5.74) is 7.81. The smallest absolute Gasteiger partial charge is 0.355 e. The number of ether oxygens (including phenoxy) is 8. The lowest BCUT2D eigenvalue weighted by atomic mass is 9.87. The van der Waals surface area contributed by atoms with Gasteiger partial charge in [-0.15, -0.1) is 0 Å². The van der Waals surface area contributed by atoms with Crippen molar-refractivity contribution in [1.82, 2.24) is 0 Å². The Morgan fingerprint density at radius 1 is 0.217 bits per heavy atom. The van der Waals surface area contributed by atoms with Crippen molar-refractivity contribution >= 4 is 46.2 Å². The second-order valence-corrected chi connectivity index (χ2v) is 37.7. The molecule has 12 rings (SSSR count). The number of cyclic esters (lactones) is 4. The molecule has 0 aliphatic carbocycles. The average Bonchev–Trinajstić information content (AvgIpc) is 1.65. The highest BCUT2D eigenvalue weighted by molar-refractivity contribution is 6.12. The van der Waals surface area contributed by atoms with Crippen LogP contribution in [0.5, 0.6) is 0 Å². The van der Waals surface area contributed by atoms with Crippen molar-refractivity contribution in [3.05, 3.63) is 354 Å². The molecular formula is C104H108N4O12. The highest BCUT2D eigenvalue weighted by atomic mass is 16.6. The summed E-state index contributed by atoms with van der Waals surface area (Å²) >= 11 is 0. The molecule has 0 spiro atoms. The molecule has 8 aliphatic rings. The van der Waals surface area contributed by atoms with Crippen LogP contribution in [0.25, 0.3) is 22.3 Å². The molecule has 0 unspecified atom stereocenters. The van der Waals surface area contributed by atoms with E-state index in [1.165, 1.54) is 0 Å². The molecule has 8 heterocycles. The molecule has 0 radical (unpaired) electrons. The van der Waals surface area contributed by atoms with E-state index < -0.39 is 23.9 Å². The molecule has 0 aromatic heterocycles. The fourth-order valence-corrected chi connectivity index (χ4v) is 12.3. The number of allylic oxidation sites excluding steroid dienone is 32. The minimum absolute atomic E-state index is 0.0228. The Balaban J connectivity index is 0.000000182. The summed E-state index contributed by atoms with van der Waals surface area (Å²) < 4.78 is 46.4. The Kier molecular flexibility index (Phi) is 27.4. The van der Waals surface area contributed by atoms with Crippen LogP contribution in [-0.2, 0) is 57.1 Å². The monoisotopic (exact) mass is 1600 g/mol. The summed E-state index contributed by atoms with van der Waals surface area (Å²) in [5.74, 6) is 6.01. The lowest BCUT2D eigenvalue weighted by Gasteiger charge is -2.32. The second kappa shape index (κ2) is 36.3. The zero-order valence-electron chi connectivity index (χ0n) is 73.5. The van der Waals surface area contributed by atoms with E-state index >= 15 is 0 Å². The predicted octanol–water partition coefficient (Wildman–Crippen LogP) is 24.9. The summed E-state index contributed by atoms with van der Waals surface area (Å²) in [5, 5.41) is 37.9. The summed E-state index contributed by atoms with van der Waals surface area (Å²) in [4.78, 5) is 48.8. The molecule has 16 heteroatoms. The standard InChI is InChI=1S/4C26H27NO3/c4*1-25(2,3)21-14-17(15-22(30-21)26(4,5)6)12-13-20-23(18-10-8-7-9-11-18)19(16-27)24(28)29-20/h4*7-15H,1-6H3/b4*20-13-. The third-order valence-electron chi connectivity index (χ3n) is 19.2. The lowest BCUT2D eigenvalue weighted by Crippen LogP contribution is -2.21. The first-order valence-electron chi connectivity index (χ1n) is 39.9. The van der Waals surface area contributed by atoms with Gasteiger partial charge in [0.15, 0.2) is 0 Å². The Bertz CT molecular complexity index is 4810. The first-order chi connectivity index (χ1) is 56.0. The average molecular weight is 1610 g/mol. The number of carbonyl (C=O) groups is 4. The molecule has 8 aliphatic heterocycles. The van der Waals surface area contributed by atoms with Crippen molar-refractivity contribution in [2.24, 2.45) is 43.3 Å². The summed E-state index contributed by atoms with van der Waals surface area (Å²) in [6.45, 7) is 50.5. The molecule has 0 saturated heterocycles. The highest BCUT2D eigenvalue weighted by Crippen LogP contribution is 2.46. The van der Waals surface area contributed by atoms with Gasteiger partial charge in [-0.2, -0.15) is 21.0 Å². The van der Waals surface area contributed by atoms with Crippen LogP contribution in [0, 0.1) is 88.6 Å². The van der Waals surface area contributed by atoms with Crippen LogP contribution >= 0.6 is 0 Å². The van der Waals surface area contributed by atoms with Gasteiger partial charge in [0.05, 0.1) is 0 Å². The van der Waals surface area contributed by atoms with E-state index in [9.17, 15) is 40.2 Å². The predicted molar refractivity (Wildman–Crippen MR) is 470 cm³/mol. The van der Waals surface area contributed by atoms with Gasteiger partial charge in [-0.1, -0.05) is 312 Å². The number of nitrogens with zero attached hydrogens (tertiary/aromatic N) is 4. The van der Waals surface area contributed by atoms with Gasteiger partial charge >= 0.3 is 23.9 Å². The van der Waals surface area contributed by atoms with Gasteiger partial charge in [0.1, 0.15) is 116 Å². The van der Waals surface area contributed by atoms with Crippen molar-refractivity contribution in [3.8, 4) is 24.3 Å². The molecule has 0 atom stereocenters. The van der Waals surface area contributed by atoms with E-state index in [0.29, 0.717) is 45.3 Å². The van der Waals surface area contributed by atoms with Gasteiger partial charge in [-0.25, -0.2) is 19.2 Å². The van der Waals surface area contributed by atoms with Crippen LogP contribution in [0.1, 0.15) is 188 Å². The molecule has 0 bridgehead atoms. The normalized spacial score (nSPS) is 18.5. The number of carbonyl (C=O) groups excluding carboxylic acids is 4. The van der Waals surface area contributed by atoms with Crippen LogP contribution in [0.3, 0.4) is 0 Å². The van der Waals surface area contributed by atoms with Crippen molar-refractivity contribution in [2.75, 3.05) is 0 Å². The van der Waals surface area contributed by atoms with E-state index in [1.807, 2.05) is 219 Å². The molecule has 0 N–H and O–H groups in total. The van der Waals surface area contributed by atoms with Crippen LogP contribution in [0.2, 0.25) is 0 Å². The van der Waals surface area contributed by atoms with Gasteiger partial charge < -0.3 is 37.9 Å². The summed E-state index contributed by atoms with van der Waals surface area (Å²) in [6, 6.07) is 45.3. The molecule has 0 saturated carbocycles. The molecular weight excluding hydrogens is 1500 g/mol. The number of hydrogen-bond acceptors (Lipinski definition) is 16. The van der Waals surface area contributed by atoms with Gasteiger partial charge in [0.2, 0.25) is 0 Å². The van der Waals surface area contributed by atoms with Crippen molar-refractivity contribution < 1.29 is 57.1 Å². The van der Waals surface area contributed by atoms with Gasteiger partial charge in [0, 0.05) is 65.6 Å². The Morgan fingerprint density at radius 2 is 0.358 bits per heavy atom. The molecule has 16 nitrogen and oxygen atoms in total. The second-order valence-electron chi connectivity index (χ2n) is 37.7. The third kappa shape index (κ3) is 22.7. The Morgan fingerprint density at radius 3 is 0.483 bits per heavy atom. The number of hydrogen-bond donors (Lipinski definition) is 0. The Labute approximate surface area is 708 Å². The number of esters is 4. The third-order valence-corrected chi connectivity index (χ3v) is 19.2. The molecule has 4 aromatic rings. The quantitative estimate of drug-likeness (QED) is 0.118. The zero-order valence-corrected chi connectivity index (χ0v) is 73.5. The maximum atomic E-state index is 12.2. The first kappa shape index (κ1) is 90.6. The van der Waals surface area contributed by atoms with Crippen LogP contribution in [-0.4, -0.2) is 23.9 Å². The summed E-state index contributed by atoms with van der Waals surface area (Å²) in [7, 11) is 0. The van der Waals surface area contributed by atoms with Crippen LogP contribution in [0.4, 0.5) is 0 Å². The first-order valence-corrected chi connectivity index (χ1v) is 39.9. The topological polar surface area (TPSA) is 237 Å². The summed E-state index contributed by atoms with van der Waals surface area (Å²) in [6.07, 6.45) is 30.6. The van der Waals surface area contributed by atoms with Gasteiger partial charge in [0.25, 0.3) is 0 Å². The number of rotatable bonds is 8. The largest absolute Gasteiger partial charge is 0.465 e. The highest BCUT2D eigenvalue weighted by Gasteiger charge is 2.38. The molecule has 120 heavy (non-hydrogen) atoms. The minimum atomic E-state index is -0.621. The van der Waals surface area contributed by atoms with E-state index in [4.69, 9.17) is 37.9 Å². The minimum Gasteiger partial charge on any atom is -0.465 e. The molecule has 4 aromatic carbocycles. The van der Waals surface area contributed by atoms with E-state index in [-0.39, 0.29) is 65.6 Å². The van der Waals surface area contributed by atoms with Crippen molar-refractivity contribution in [2.45, 2.75) is 166 Å². The maximum absolute atomic E-state index is 12.2. The van der Waals surface area contributed by atoms with Crippen molar-refractivity contribution in [1.29, 1.82) is 21.0 Å². The van der Waals surface area contributed by atoms with E-state index in [2.05, 4.69) is 166 Å². The van der Waals surface area contributed by atoms with E-state index in [0.717, 1.165) is 90.6 Å². The Hall–Kier alpha value is -13.3. The lowest BCUT2D eigenvalue weighted by molar-refractivity contribution is -0.133. The molecule has 0 amide bonds. The fraction of sp³-hybridized carbons (Fsp3) is 0.308. The SMILES string of the molecule is CC(C)(C)C1=CC(=C/C=C2\OC(=O)C(C#N)=C2c2ccccc2)C=C(C(C)(C)C)O1.CC(C)(C)C1=CC(=C/C=C2\OC(=O)C(C#N)=C2c2ccccc2)C=C(C(C)(C)C)O1.CC(C)(C)C1=CC(=C/C=C2\OC(=O)C(C#N)=C2c2ccccc2)C=C(C(C)(C)C)O1.CC(C)(C)C1=CC(=C/C=C2\OC(=O)C(C#N)=C2c2ccccc2)C=C(C(C)(C)C)O1. The number of nitriles is 4. The van der Waals surface area contributed by atoms with Gasteiger partial charge in [-0.3, -0.25) is 0 Å². The fourth-order valence-electron chi connectivity index (χ4n) is 12.3. The van der Waals surface area contributed by atoms with E-state index in [1.54, 1.807) is 24.3 Å². The van der Waals surface area contributed by atoms with Crippen molar-refractivity contribution in [3.63, 3.8) is 0 Å². The number of benzene rings is 4. The molecule has 0 fully saturated rings. The van der Waals surface area contributed by atoms with Gasteiger partial charge in [-0.05, 0) is 117 Å². The molecule has 616 valence electrons. The maximum Gasteiger partial charge on any atom is 0.355 e. The zero-order chi connectivity index (χ0) is 88.4. The van der Waals surface area contributed by atoms with Crippen LogP contribution < -0.4 is 0 Å². The van der Waals surface area contributed by atoms with Crippen LogP contribution in [0.15, 0.2) is 332 Å².